The summed E-state index contributed by atoms with van der Waals surface area (Å²) in [4.78, 5) is 0. The van der Waals surface area contributed by atoms with Crippen molar-refractivity contribution < 1.29 is 23.7 Å². The number of thiophene rings is 1. The van der Waals surface area contributed by atoms with Crippen LogP contribution in [-0.2, 0) is 19.8 Å². The average Bonchev–Trinajstić information content (AvgIpc) is 3.43. The molecular formula is C34H38O5S. The van der Waals surface area contributed by atoms with Crippen LogP contribution in [-0.4, -0.2) is 43.7 Å². The zero-order valence-corrected chi connectivity index (χ0v) is 24.5. The molecule has 6 heteroatoms. The molecule has 210 valence electrons. The Morgan fingerprint density at radius 1 is 0.700 bits per heavy atom. The molecule has 0 saturated carbocycles. The molecule has 40 heavy (non-hydrogen) atoms. The fraction of sp³-hybridized carbons (Fsp3) is 0.353. The summed E-state index contributed by atoms with van der Waals surface area (Å²) < 4.78 is 31.5. The van der Waals surface area contributed by atoms with Crippen LogP contribution in [0.3, 0.4) is 0 Å². The maximum atomic E-state index is 7.02. The third-order valence-corrected chi connectivity index (χ3v) is 7.49. The molecule has 1 unspecified atom stereocenters. The summed E-state index contributed by atoms with van der Waals surface area (Å²) >= 11 is 1.57. The summed E-state index contributed by atoms with van der Waals surface area (Å²) in [6.07, 6.45) is -0.141. The monoisotopic (exact) mass is 558 g/mol. The number of fused-ring (bicyclic) bond motifs is 1. The number of benzene rings is 3. The molecule has 0 aliphatic carbocycles. The zero-order valence-electron chi connectivity index (χ0n) is 23.7. The van der Waals surface area contributed by atoms with Crippen molar-refractivity contribution in [2.24, 2.45) is 0 Å². The van der Waals surface area contributed by atoms with Crippen molar-refractivity contribution in [2.45, 2.75) is 50.6 Å². The average molecular weight is 559 g/mol. The van der Waals surface area contributed by atoms with Crippen molar-refractivity contribution in [3.63, 3.8) is 0 Å². The zero-order chi connectivity index (χ0) is 28.1. The van der Waals surface area contributed by atoms with E-state index in [-0.39, 0.29) is 6.10 Å². The normalized spacial score (nSPS) is 15.7. The molecule has 0 bridgehead atoms. The summed E-state index contributed by atoms with van der Waals surface area (Å²) in [6, 6.07) is 31.2. The van der Waals surface area contributed by atoms with Gasteiger partial charge in [0.15, 0.2) is 17.6 Å². The van der Waals surface area contributed by atoms with Crippen molar-refractivity contribution in [2.75, 3.05) is 26.4 Å². The Balaban J connectivity index is 1.29. The second-order valence-electron chi connectivity index (χ2n) is 11.4. The van der Waals surface area contributed by atoms with Crippen LogP contribution in [0.2, 0.25) is 0 Å². The fourth-order valence-electron chi connectivity index (χ4n) is 5.24. The number of hydrogen-bond acceptors (Lipinski definition) is 6. The van der Waals surface area contributed by atoms with Crippen LogP contribution in [0.1, 0.15) is 44.4 Å². The quantitative estimate of drug-likeness (QED) is 0.169. The lowest BCUT2D eigenvalue weighted by Crippen LogP contribution is -2.46. The Morgan fingerprint density at radius 2 is 1.20 bits per heavy atom. The van der Waals surface area contributed by atoms with E-state index in [1.165, 1.54) is 0 Å². The maximum Gasteiger partial charge on any atom is 0.172 e. The topological polar surface area (TPSA) is 46.2 Å². The summed E-state index contributed by atoms with van der Waals surface area (Å²) in [5.41, 5.74) is 1.24. The van der Waals surface area contributed by atoms with Gasteiger partial charge in [0, 0.05) is 10.8 Å². The molecule has 1 atom stereocenters. The molecule has 1 aliphatic rings. The third-order valence-electron chi connectivity index (χ3n) is 6.79. The van der Waals surface area contributed by atoms with Gasteiger partial charge < -0.3 is 23.7 Å². The Labute approximate surface area is 241 Å². The van der Waals surface area contributed by atoms with Crippen LogP contribution >= 0.6 is 11.3 Å². The first-order valence-corrected chi connectivity index (χ1v) is 14.7. The van der Waals surface area contributed by atoms with E-state index in [0.717, 1.165) is 28.2 Å². The molecule has 1 aromatic heterocycles. The van der Waals surface area contributed by atoms with Crippen LogP contribution in [0.5, 0.6) is 11.5 Å². The highest BCUT2D eigenvalue weighted by Crippen LogP contribution is 2.41. The van der Waals surface area contributed by atoms with Crippen LogP contribution < -0.4 is 9.47 Å². The van der Waals surface area contributed by atoms with E-state index in [1.54, 1.807) is 11.3 Å². The van der Waals surface area contributed by atoms with Crippen molar-refractivity contribution in [1.82, 2.24) is 0 Å². The first-order valence-electron chi connectivity index (χ1n) is 13.7. The van der Waals surface area contributed by atoms with Gasteiger partial charge in [-0.1, -0.05) is 91.0 Å². The van der Waals surface area contributed by atoms with E-state index < -0.39 is 16.8 Å². The van der Waals surface area contributed by atoms with Crippen molar-refractivity contribution >= 4 is 11.3 Å². The van der Waals surface area contributed by atoms with E-state index in [0.29, 0.717) is 26.4 Å². The molecule has 5 nitrogen and oxygen atoms in total. The lowest BCUT2D eigenvalue weighted by Gasteiger charge is -2.41. The van der Waals surface area contributed by atoms with Gasteiger partial charge in [0.25, 0.3) is 0 Å². The van der Waals surface area contributed by atoms with Crippen LogP contribution in [0.25, 0.3) is 0 Å². The highest BCUT2D eigenvalue weighted by atomic mass is 32.1. The predicted octanol–water partition coefficient (Wildman–Crippen LogP) is 7.49. The minimum Gasteiger partial charge on any atom is -0.485 e. The van der Waals surface area contributed by atoms with Crippen LogP contribution in [0, 0.1) is 0 Å². The predicted molar refractivity (Wildman–Crippen MR) is 159 cm³/mol. The van der Waals surface area contributed by atoms with E-state index in [4.69, 9.17) is 23.7 Å². The fourth-order valence-corrected chi connectivity index (χ4v) is 5.91. The molecule has 0 fully saturated rings. The van der Waals surface area contributed by atoms with Gasteiger partial charge in [-0.25, -0.2) is 0 Å². The highest BCUT2D eigenvalue weighted by molar-refractivity contribution is 7.08. The summed E-state index contributed by atoms with van der Waals surface area (Å²) in [7, 11) is 0. The number of rotatable bonds is 12. The molecule has 5 rings (SSSR count). The van der Waals surface area contributed by atoms with Crippen molar-refractivity contribution in [3.05, 3.63) is 118 Å². The Hall–Kier alpha value is -3.16. The second kappa shape index (κ2) is 12.1. The van der Waals surface area contributed by atoms with Crippen LogP contribution in [0.15, 0.2) is 102 Å². The Morgan fingerprint density at radius 3 is 1.75 bits per heavy atom. The minimum atomic E-state index is -0.802. The number of ether oxygens (including phenoxy) is 5. The number of hydrogen-bond donors (Lipinski definition) is 0. The minimum absolute atomic E-state index is 0.141. The molecule has 0 radical (unpaired) electrons. The van der Waals surface area contributed by atoms with Gasteiger partial charge in [-0.3, -0.25) is 0 Å². The van der Waals surface area contributed by atoms with Crippen LogP contribution in [0.4, 0.5) is 0 Å². The van der Waals surface area contributed by atoms with Gasteiger partial charge in [0.05, 0.1) is 31.0 Å². The summed E-state index contributed by atoms with van der Waals surface area (Å²) in [5, 5.41) is 3.91. The molecular weight excluding hydrogens is 520 g/mol. The molecule has 1 aliphatic heterocycles. The molecule has 4 aromatic rings. The molecule has 2 heterocycles. The molecule has 0 saturated heterocycles. The van der Waals surface area contributed by atoms with E-state index in [1.807, 2.05) is 42.8 Å². The van der Waals surface area contributed by atoms with Gasteiger partial charge in [-0.2, -0.15) is 0 Å². The summed E-state index contributed by atoms with van der Waals surface area (Å²) in [6.45, 7) is 9.89. The van der Waals surface area contributed by atoms with Gasteiger partial charge in [0.2, 0.25) is 0 Å². The SMILES string of the molecule is CC(C)(COCC1COc2cscc2O1)OC(C)(C)COC(c1ccccc1)(c1ccccc1)c1ccccc1. The lowest BCUT2D eigenvalue weighted by atomic mass is 9.80. The molecule has 0 N–H and O–H groups in total. The maximum absolute atomic E-state index is 7.02. The van der Waals surface area contributed by atoms with Gasteiger partial charge >= 0.3 is 0 Å². The molecule has 0 spiro atoms. The van der Waals surface area contributed by atoms with Gasteiger partial charge in [0.1, 0.15) is 12.2 Å². The third kappa shape index (κ3) is 6.58. The molecule has 3 aromatic carbocycles. The van der Waals surface area contributed by atoms with Crippen molar-refractivity contribution in [3.8, 4) is 11.5 Å². The van der Waals surface area contributed by atoms with Gasteiger partial charge in [-0.05, 0) is 44.4 Å². The largest absolute Gasteiger partial charge is 0.485 e. The van der Waals surface area contributed by atoms with E-state index >= 15 is 0 Å². The smallest absolute Gasteiger partial charge is 0.172 e. The summed E-state index contributed by atoms with van der Waals surface area (Å²) in [5.74, 6) is 1.60. The first-order chi connectivity index (χ1) is 19.3. The van der Waals surface area contributed by atoms with E-state index in [9.17, 15) is 0 Å². The van der Waals surface area contributed by atoms with Crippen molar-refractivity contribution in [1.29, 1.82) is 0 Å². The highest BCUT2D eigenvalue weighted by Gasteiger charge is 2.40. The van der Waals surface area contributed by atoms with Gasteiger partial charge in [-0.15, -0.1) is 11.3 Å². The second-order valence-corrected chi connectivity index (χ2v) is 12.1. The Kier molecular flexibility index (Phi) is 8.62. The molecule has 0 amide bonds. The lowest BCUT2D eigenvalue weighted by molar-refractivity contribution is -0.187. The Bertz CT molecular complexity index is 1240. The van der Waals surface area contributed by atoms with E-state index in [2.05, 4.69) is 86.6 Å². The standard InChI is InChI=1S/C34H38O5S/c1-32(2,24-35-20-29-21-36-30-22-40-23-31(30)38-29)39-33(3,4)25-37-34(26-14-8-5-9-15-26,27-16-10-6-11-17-27)28-18-12-7-13-19-28/h5-19,22-23,29H,20-21,24-25H2,1-4H3. The first kappa shape index (κ1) is 28.4.